The lowest BCUT2D eigenvalue weighted by atomic mass is 9.93. The number of para-hydroxylation sites is 1. The van der Waals surface area contributed by atoms with Gasteiger partial charge in [0.2, 0.25) is 0 Å². The normalized spacial score (nSPS) is 17.7. The summed E-state index contributed by atoms with van der Waals surface area (Å²) in [4.78, 5) is 11.9. The first-order valence-electron chi connectivity index (χ1n) is 5.32. The van der Waals surface area contributed by atoms with Crippen molar-refractivity contribution in [2.75, 3.05) is 0 Å². The predicted molar refractivity (Wildman–Crippen MR) is 65.4 cm³/mol. The molecule has 0 aliphatic carbocycles. The maximum Gasteiger partial charge on any atom is 0.323 e. The summed E-state index contributed by atoms with van der Waals surface area (Å²) in [5.41, 5.74) is 1.82. The lowest BCUT2D eigenvalue weighted by Crippen LogP contribution is -2.11. The van der Waals surface area contributed by atoms with E-state index in [1.54, 1.807) is 12.1 Å². The van der Waals surface area contributed by atoms with E-state index in [-0.39, 0.29) is 11.9 Å². The van der Waals surface area contributed by atoms with Crippen LogP contribution >= 0.6 is 11.6 Å². The third kappa shape index (κ3) is 1.71. The van der Waals surface area contributed by atoms with Gasteiger partial charge >= 0.3 is 5.97 Å². The molecule has 84 valence electrons. The second-order valence-electron chi connectivity index (χ2n) is 3.94. The third-order valence-electron chi connectivity index (χ3n) is 2.88. The highest BCUT2D eigenvalue weighted by Gasteiger charge is 2.33. The Kier molecular flexibility index (Phi) is 2.37. The van der Waals surface area contributed by atoms with Crippen molar-refractivity contribution in [1.29, 1.82) is 0 Å². The van der Waals surface area contributed by atoms with E-state index in [2.05, 4.69) is 0 Å². The highest BCUT2D eigenvalue weighted by molar-refractivity contribution is 6.30. The lowest BCUT2D eigenvalue weighted by molar-refractivity contribution is -0.133. The molecule has 17 heavy (non-hydrogen) atoms. The molecule has 1 heterocycles. The van der Waals surface area contributed by atoms with E-state index in [9.17, 15) is 4.79 Å². The number of fused-ring (bicyclic) bond motifs is 1. The highest BCUT2D eigenvalue weighted by atomic mass is 35.5. The van der Waals surface area contributed by atoms with E-state index in [0.29, 0.717) is 10.8 Å². The number of esters is 1. The molecule has 0 saturated carbocycles. The number of hydrogen-bond acceptors (Lipinski definition) is 2. The first kappa shape index (κ1) is 10.4. The Balaban J connectivity index is 2.09. The summed E-state index contributed by atoms with van der Waals surface area (Å²) >= 11 is 5.84. The molecule has 0 saturated heterocycles. The van der Waals surface area contributed by atoms with Crippen molar-refractivity contribution >= 4 is 17.6 Å². The van der Waals surface area contributed by atoms with Gasteiger partial charge in [-0.2, -0.15) is 0 Å². The standard InChI is InChI=1S/C14H9ClO2/c15-10-7-5-9(6-8-10)13-11-3-1-2-4-12(11)17-14(13)16/h1-8,13H. The average Bonchev–Trinajstić information content (AvgIpc) is 2.66. The van der Waals surface area contributed by atoms with Gasteiger partial charge in [-0.05, 0) is 23.8 Å². The Hall–Kier alpha value is -1.80. The number of rotatable bonds is 1. The van der Waals surface area contributed by atoms with Crippen LogP contribution in [-0.4, -0.2) is 5.97 Å². The van der Waals surface area contributed by atoms with Crippen molar-refractivity contribution in [3.05, 3.63) is 64.7 Å². The second-order valence-corrected chi connectivity index (χ2v) is 4.38. The fourth-order valence-corrected chi connectivity index (χ4v) is 2.20. The number of ether oxygens (including phenoxy) is 1. The largest absolute Gasteiger partial charge is 0.425 e. The van der Waals surface area contributed by atoms with Gasteiger partial charge < -0.3 is 4.74 Å². The van der Waals surface area contributed by atoms with Gasteiger partial charge in [-0.3, -0.25) is 4.79 Å². The molecule has 1 aliphatic heterocycles. The summed E-state index contributed by atoms with van der Waals surface area (Å²) in [6, 6.07) is 14.8. The number of carbonyl (C=O) groups excluding carboxylic acids is 1. The maximum absolute atomic E-state index is 11.9. The molecule has 0 N–H and O–H groups in total. The molecule has 2 aromatic rings. The zero-order chi connectivity index (χ0) is 11.8. The van der Waals surface area contributed by atoms with Crippen LogP contribution in [0, 0.1) is 0 Å². The van der Waals surface area contributed by atoms with Crippen molar-refractivity contribution in [3.8, 4) is 5.75 Å². The molecule has 0 aromatic heterocycles. The zero-order valence-electron chi connectivity index (χ0n) is 8.89. The van der Waals surface area contributed by atoms with Crippen LogP contribution in [0.5, 0.6) is 5.75 Å². The molecule has 2 nitrogen and oxygen atoms in total. The topological polar surface area (TPSA) is 26.3 Å². The molecule has 0 fully saturated rings. The first-order chi connectivity index (χ1) is 8.25. The van der Waals surface area contributed by atoms with Gasteiger partial charge in [-0.25, -0.2) is 0 Å². The molecule has 0 radical (unpaired) electrons. The van der Waals surface area contributed by atoms with E-state index < -0.39 is 0 Å². The van der Waals surface area contributed by atoms with Crippen LogP contribution < -0.4 is 4.74 Å². The van der Waals surface area contributed by atoms with E-state index in [4.69, 9.17) is 16.3 Å². The van der Waals surface area contributed by atoms with Crippen molar-refractivity contribution < 1.29 is 9.53 Å². The lowest BCUT2D eigenvalue weighted by Gasteiger charge is -2.07. The van der Waals surface area contributed by atoms with Gasteiger partial charge in [-0.15, -0.1) is 0 Å². The van der Waals surface area contributed by atoms with Gasteiger partial charge in [0.15, 0.2) is 0 Å². The van der Waals surface area contributed by atoms with E-state index in [0.717, 1.165) is 11.1 Å². The zero-order valence-corrected chi connectivity index (χ0v) is 9.65. The minimum Gasteiger partial charge on any atom is -0.425 e. The van der Waals surface area contributed by atoms with E-state index in [1.165, 1.54) is 0 Å². The van der Waals surface area contributed by atoms with Gasteiger partial charge in [-0.1, -0.05) is 41.9 Å². The molecular weight excluding hydrogens is 236 g/mol. The van der Waals surface area contributed by atoms with Crippen LogP contribution in [0.2, 0.25) is 5.02 Å². The fraction of sp³-hybridized carbons (Fsp3) is 0.0714. The summed E-state index contributed by atoms with van der Waals surface area (Å²) in [6.07, 6.45) is 0. The monoisotopic (exact) mass is 244 g/mol. The Morgan fingerprint density at radius 1 is 1.00 bits per heavy atom. The Morgan fingerprint density at radius 2 is 1.71 bits per heavy atom. The maximum atomic E-state index is 11.9. The minimum absolute atomic E-state index is 0.228. The van der Waals surface area contributed by atoms with Crippen molar-refractivity contribution in [1.82, 2.24) is 0 Å². The number of benzene rings is 2. The average molecular weight is 245 g/mol. The molecule has 1 atom stereocenters. The van der Waals surface area contributed by atoms with Crippen LogP contribution in [0.4, 0.5) is 0 Å². The van der Waals surface area contributed by atoms with Gasteiger partial charge in [0, 0.05) is 10.6 Å². The fourth-order valence-electron chi connectivity index (χ4n) is 2.08. The Labute approximate surface area is 104 Å². The van der Waals surface area contributed by atoms with Crippen molar-refractivity contribution in [3.63, 3.8) is 0 Å². The number of halogens is 1. The van der Waals surface area contributed by atoms with Gasteiger partial charge in [0.05, 0.1) is 0 Å². The summed E-state index contributed by atoms with van der Waals surface area (Å²) in [5.74, 6) is 0.0921. The Morgan fingerprint density at radius 3 is 2.47 bits per heavy atom. The van der Waals surface area contributed by atoms with Gasteiger partial charge in [0.25, 0.3) is 0 Å². The molecule has 0 bridgehead atoms. The Bertz CT molecular complexity index is 575. The van der Waals surface area contributed by atoms with Crippen LogP contribution in [0.25, 0.3) is 0 Å². The quantitative estimate of drug-likeness (QED) is 0.568. The molecule has 3 rings (SSSR count). The highest BCUT2D eigenvalue weighted by Crippen LogP contribution is 2.38. The molecule has 0 spiro atoms. The summed E-state index contributed by atoms with van der Waals surface area (Å²) in [7, 11) is 0. The molecule has 2 aromatic carbocycles. The molecular formula is C14H9ClO2. The minimum atomic E-state index is -0.330. The predicted octanol–water partition coefficient (Wildman–Crippen LogP) is 3.39. The van der Waals surface area contributed by atoms with Gasteiger partial charge in [0.1, 0.15) is 11.7 Å². The number of carbonyl (C=O) groups is 1. The summed E-state index contributed by atoms with van der Waals surface area (Å²) < 4.78 is 5.23. The first-order valence-corrected chi connectivity index (χ1v) is 5.69. The van der Waals surface area contributed by atoms with Crippen molar-refractivity contribution in [2.24, 2.45) is 0 Å². The smallest absolute Gasteiger partial charge is 0.323 e. The molecule has 0 amide bonds. The number of hydrogen-bond donors (Lipinski definition) is 0. The molecule has 1 aliphatic rings. The van der Waals surface area contributed by atoms with Crippen molar-refractivity contribution in [2.45, 2.75) is 5.92 Å². The SMILES string of the molecule is O=C1Oc2ccccc2C1c1ccc(Cl)cc1. The summed E-state index contributed by atoms with van der Waals surface area (Å²) in [6.45, 7) is 0. The van der Waals surface area contributed by atoms with E-state index in [1.807, 2.05) is 36.4 Å². The molecule has 3 heteroatoms. The molecule has 1 unspecified atom stereocenters. The van der Waals surface area contributed by atoms with Crippen LogP contribution in [0.3, 0.4) is 0 Å². The van der Waals surface area contributed by atoms with Crippen LogP contribution in [0.15, 0.2) is 48.5 Å². The van der Waals surface area contributed by atoms with E-state index >= 15 is 0 Å². The summed E-state index contributed by atoms with van der Waals surface area (Å²) in [5, 5.41) is 0.661. The second kappa shape index (κ2) is 3.90. The van der Waals surface area contributed by atoms with Crippen LogP contribution in [-0.2, 0) is 4.79 Å². The van der Waals surface area contributed by atoms with Crippen LogP contribution in [0.1, 0.15) is 17.0 Å². The third-order valence-corrected chi connectivity index (χ3v) is 3.13.